The molecule has 5 N–H and O–H groups in total. The van der Waals surface area contributed by atoms with Gasteiger partial charge < -0.3 is 25.7 Å². The molecule has 1 amide bonds. The molecule has 0 aromatic heterocycles. The van der Waals surface area contributed by atoms with E-state index in [-0.39, 0.29) is 29.8 Å². The number of unbranched alkanes of at least 4 members (excludes halogenated alkanes) is 1. The molecule has 1 aliphatic heterocycles. The predicted octanol–water partition coefficient (Wildman–Crippen LogP) is 6.41. The number of allylic oxidation sites excluding steroid dienone is 7. The maximum atomic E-state index is 11.7. The van der Waals surface area contributed by atoms with E-state index in [4.69, 9.17) is 5.11 Å². The minimum absolute atomic E-state index is 0.0159. The topological polar surface area (TPSA) is 96.9 Å². The molecule has 41 heavy (non-hydrogen) atoms. The zero-order valence-corrected chi connectivity index (χ0v) is 27.6. The molecule has 0 aromatic rings. The molecule has 0 radical (unpaired) electrons. The highest BCUT2D eigenvalue weighted by molar-refractivity contribution is 5.75. The van der Waals surface area contributed by atoms with Gasteiger partial charge in [-0.05, 0) is 46.1 Å². The fraction of sp³-hybridized carbons (Fsp3) is 0.676. The van der Waals surface area contributed by atoms with Crippen molar-refractivity contribution >= 4 is 5.91 Å². The Labute approximate surface area is 252 Å². The number of rotatable bonds is 12. The van der Waals surface area contributed by atoms with E-state index >= 15 is 0 Å². The van der Waals surface area contributed by atoms with E-state index in [0.717, 1.165) is 18.9 Å². The molecule has 7 nitrogen and oxygen atoms in total. The molecule has 2 rings (SSSR count). The lowest BCUT2D eigenvalue weighted by Gasteiger charge is -2.45. The van der Waals surface area contributed by atoms with Crippen LogP contribution in [0.4, 0.5) is 0 Å². The van der Waals surface area contributed by atoms with Crippen molar-refractivity contribution < 1.29 is 15.0 Å². The van der Waals surface area contributed by atoms with Gasteiger partial charge in [0, 0.05) is 31.6 Å². The number of aliphatic hydroxyl groups is 2. The maximum absolute atomic E-state index is 11.7. The van der Waals surface area contributed by atoms with Crippen LogP contribution in [-0.4, -0.2) is 72.1 Å². The van der Waals surface area contributed by atoms with Gasteiger partial charge in [-0.1, -0.05) is 109 Å². The summed E-state index contributed by atoms with van der Waals surface area (Å²) in [5.41, 5.74) is 1.21. The molecule has 1 aliphatic carbocycles. The van der Waals surface area contributed by atoms with Gasteiger partial charge in [0.15, 0.2) is 0 Å². The van der Waals surface area contributed by atoms with E-state index in [0.29, 0.717) is 19.5 Å². The lowest BCUT2D eigenvalue weighted by Crippen LogP contribution is -2.70. The third kappa shape index (κ3) is 23.1. The number of hydrogen-bond donors (Lipinski definition) is 5. The number of piperazine rings is 1. The van der Waals surface area contributed by atoms with Crippen molar-refractivity contribution in [2.75, 3.05) is 33.2 Å². The Balaban J connectivity index is 0. The molecule has 0 aromatic carbocycles. The number of amides is 1. The average molecular weight is 577 g/mol. The maximum Gasteiger partial charge on any atom is 0.220 e. The second-order valence-electron chi connectivity index (χ2n) is 11.3. The molecular weight excluding hydrogens is 512 g/mol. The summed E-state index contributed by atoms with van der Waals surface area (Å²) in [6, 6.07) is -0.203. The summed E-state index contributed by atoms with van der Waals surface area (Å²) in [5, 5.41) is 28.5. The zero-order valence-electron chi connectivity index (χ0n) is 27.6. The van der Waals surface area contributed by atoms with Gasteiger partial charge in [-0.3, -0.25) is 10.1 Å². The van der Waals surface area contributed by atoms with Crippen molar-refractivity contribution in [3.63, 3.8) is 0 Å². The summed E-state index contributed by atoms with van der Waals surface area (Å²) in [5.74, 6) is 0.801. The summed E-state index contributed by atoms with van der Waals surface area (Å²) in [6.07, 6.45) is 19.5. The first kappa shape index (κ1) is 40.9. The Morgan fingerprint density at radius 2 is 1.90 bits per heavy atom. The summed E-state index contributed by atoms with van der Waals surface area (Å²) < 4.78 is 0. The van der Waals surface area contributed by atoms with Gasteiger partial charge in [-0.15, -0.1) is 0 Å². The molecule has 4 unspecified atom stereocenters. The minimum atomic E-state index is -0.808. The molecule has 1 fully saturated rings. The number of nitrogens with one attached hydrogen (secondary N) is 3. The van der Waals surface area contributed by atoms with Crippen molar-refractivity contribution in [1.82, 2.24) is 20.9 Å². The van der Waals surface area contributed by atoms with Crippen LogP contribution < -0.4 is 16.0 Å². The van der Waals surface area contributed by atoms with Crippen molar-refractivity contribution in [2.24, 2.45) is 5.92 Å². The second kappa shape index (κ2) is 25.5. The first-order valence-corrected chi connectivity index (χ1v) is 15.5. The van der Waals surface area contributed by atoms with Gasteiger partial charge >= 0.3 is 0 Å². The summed E-state index contributed by atoms with van der Waals surface area (Å²) in [6.45, 7) is 23.8. The molecule has 0 saturated carbocycles. The van der Waals surface area contributed by atoms with Crippen LogP contribution in [0.3, 0.4) is 0 Å². The summed E-state index contributed by atoms with van der Waals surface area (Å²) >= 11 is 0. The quantitative estimate of drug-likeness (QED) is 0.105. The zero-order chi connectivity index (χ0) is 31.7. The van der Waals surface area contributed by atoms with Crippen molar-refractivity contribution in [3.05, 3.63) is 60.9 Å². The summed E-state index contributed by atoms with van der Waals surface area (Å²) in [7, 11) is 1.98. The van der Waals surface area contributed by atoms with Crippen LogP contribution in [0.5, 0.6) is 0 Å². The standard InChI is InChI=1S/C15H30N4O3.C10H16.C5H8.C4H10/c1-5-6-13(21)17-9-15(3)10-19(4)8-12(18-15)14(22)16-7-11(2)20;1-3-5-10-7-4-6-9(2)8-10;1-3-5-4-2;1-3-4-2/h12,14,16,18,20,22H,2,5-10H2,1,3-4H3,(H,17,21);4,7-9H,3,5-6H2,1-2H3;3-5H,1H2,2H3;3-4H2,1-2H3/b;;5-4-;. The molecule has 0 spiro atoms. The van der Waals surface area contributed by atoms with Crippen LogP contribution in [0.1, 0.15) is 93.4 Å². The van der Waals surface area contributed by atoms with E-state index in [2.05, 4.69) is 79.9 Å². The monoisotopic (exact) mass is 576 g/mol. The number of carbonyl (C=O) groups is 1. The van der Waals surface area contributed by atoms with Crippen LogP contribution in [0.25, 0.3) is 0 Å². The number of aliphatic hydroxyl groups excluding tert-OH is 2. The van der Waals surface area contributed by atoms with Crippen LogP contribution in [-0.2, 0) is 4.79 Å². The number of carbonyl (C=O) groups excluding carboxylic acids is 1. The first-order chi connectivity index (χ1) is 19.4. The van der Waals surface area contributed by atoms with E-state index in [1.54, 1.807) is 6.08 Å². The molecule has 7 heteroatoms. The van der Waals surface area contributed by atoms with Crippen LogP contribution in [0.15, 0.2) is 60.9 Å². The van der Waals surface area contributed by atoms with Gasteiger partial charge in [0.05, 0.1) is 18.3 Å². The van der Waals surface area contributed by atoms with Crippen molar-refractivity contribution in [3.8, 4) is 0 Å². The highest BCUT2D eigenvalue weighted by Gasteiger charge is 2.37. The molecule has 238 valence electrons. The molecule has 4 atom stereocenters. The van der Waals surface area contributed by atoms with Crippen LogP contribution in [0.2, 0.25) is 0 Å². The lowest BCUT2D eigenvalue weighted by atomic mass is 9.95. The Morgan fingerprint density at radius 1 is 1.24 bits per heavy atom. The first-order valence-electron chi connectivity index (χ1n) is 15.5. The van der Waals surface area contributed by atoms with Crippen LogP contribution in [0, 0.1) is 5.92 Å². The summed E-state index contributed by atoms with van der Waals surface area (Å²) in [4.78, 5) is 13.8. The Morgan fingerprint density at radius 3 is 2.37 bits per heavy atom. The third-order valence-electron chi connectivity index (χ3n) is 6.42. The van der Waals surface area contributed by atoms with Gasteiger partial charge in [-0.2, -0.15) is 0 Å². The fourth-order valence-electron chi connectivity index (χ4n) is 4.31. The van der Waals surface area contributed by atoms with E-state index in [1.165, 1.54) is 37.7 Å². The molecule has 1 heterocycles. The normalized spacial score (nSPS) is 22.5. The fourth-order valence-corrected chi connectivity index (χ4v) is 4.31. The SMILES string of the molecule is C=C(O)CNC(O)C1CN(C)CC(C)(CNC(=O)CCC)N1.C=C/C=C\C.CCCC.CCCC1=CC(C)CC=C1. The second-order valence-corrected chi connectivity index (χ2v) is 11.3. The third-order valence-corrected chi connectivity index (χ3v) is 6.42. The lowest BCUT2D eigenvalue weighted by molar-refractivity contribution is -0.121. The van der Waals surface area contributed by atoms with Gasteiger partial charge in [-0.25, -0.2) is 0 Å². The van der Waals surface area contributed by atoms with Crippen LogP contribution >= 0.6 is 0 Å². The Bertz CT molecular complexity index is 791. The largest absolute Gasteiger partial charge is 0.512 e. The number of nitrogens with zero attached hydrogens (tertiary/aromatic N) is 1. The smallest absolute Gasteiger partial charge is 0.220 e. The van der Waals surface area contributed by atoms with Crippen molar-refractivity contribution in [2.45, 2.75) is 111 Å². The van der Waals surface area contributed by atoms with Crippen molar-refractivity contribution in [1.29, 1.82) is 0 Å². The van der Waals surface area contributed by atoms with Gasteiger partial charge in [0.25, 0.3) is 0 Å². The van der Waals surface area contributed by atoms with Gasteiger partial charge in [0.1, 0.15) is 6.23 Å². The predicted molar refractivity (Wildman–Crippen MR) is 178 cm³/mol. The highest BCUT2D eigenvalue weighted by Crippen LogP contribution is 2.19. The molecule has 1 saturated heterocycles. The molecule has 0 bridgehead atoms. The van der Waals surface area contributed by atoms with E-state index in [1.807, 2.05) is 40.0 Å². The Kier molecular flexibility index (Phi) is 25.5. The Hall–Kier alpha value is -2.19. The number of hydrogen-bond acceptors (Lipinski definition) is 6. The van der Waals surface area contributed by atoms with E-state index < -0.39 is 6.23 Å². The average Bonchev–Trinajstić information content (AvgIpc) is 2.92. The minimum Gasteiger partial charge on any atom is -0.512 e. The number of likely N-dealkylation sites (N-methyl/N-ethyl adjacent to an activating group) is 1. The molecule has 2 aliphatic rings. The molecular formula is C34H64N4O3. The van der Waals surface area contributed by atoms with Gasteiger partial charge in [0.2, 0.25) is 5.91 Å². The van der Waals surface area contributed by atoms with E-state index in [9.17, 15) is 9.90 Å². The highest BCUT2D eigenvalue weighted by atomic mass is 16.3.